The van der Waals surface area contributed by atoms with Gasteiger partial charge in [-0.15, -0.1) is 0 Å². The summed E-state index contributed by atoms with van der Waals surface area (Å²) < 4.78 is 35.1. The Hall–Kier alpha value is -2.83. The molecule has 40 heavy (non-hydrogen) atoms. The lowest BCUT2D eigenvalue weighted by molar-refractivity contribution is -0.205. The van der Waals surface area contributed by atoms with Crippen molar-refractivity contribution in [2.24, 2.45) is 4.99 Å². The number of methoxy groups -OCH3 is 2. The topological polar surface area (TPSA) is 108 Å². The molecule has 1 saturated heterocycles. The van der Waals surface area contributed by atoms with Gasteiger partial charge in [0.1, 0.15) is 46.9 Å². The molecule has 0 unspecified atom stereocenters. The van der Waals surface area contributed by atoms with Gasteiger partial charge >= 0.3 is 6.09 Å². The molecule has 0 radical (unpaired) electrons. The van der Waals surface area contributed by atoms with E-state index in [2.05, 4.69) is 0 Å². The molecule has 0 spiro atoms. The first kappa shape index (κ1) is 30.1. The average molecular weight is 575 g/mol. The zero-order chi connectivity index (χ0) is 28.9. The normalized spacial score (nSPS) is 24.2. The van der Waals surface area contributed by atoms with Crippen molar-refractivity contribution < 1.29 is 38.3 Å². The molecule has 2 aromatic carbocycles. The van der Waals surface area contributed by atoms with Crippen LogP contribution in [0.15, 0.2) is 53.5 Å². The van der Waals surface area contributed by atoms with E-state index in [1.807, 2.05) is 69.3 Å². The number of aliphatic hydroxyl groups is 1. The lowest BCUT2D eigenvalue weighted by atomic mass is 9.97. The fraction of sp³-hybridized carbons (Fsp3) is 0.517. The zero-order valence-electron chi connectivity index (χ0n) is 23.7. The van der Waals surface area contributed by atoms with Crippen LogP contribution in [0, 0.1) is 0 Å². The monoisotopic (exact) mass is 574 g/mol. The van der Waals surface area contributed by atoms with Crippen molar-refractivity contribution in [2.45, 2.75) is 69.4 Å². The molecule has 2 aliphatic heterocycles. The number of benzene rings is 2. The van der Waals surface area contributed by atoms with Crippen molar-refractivity contribution in [1.29, 1.82) is 0 Å². The number of nitrogens with zero attached hydrogens (tertiary/aromatic N) is 2. The number of ether oxygens (including phenoxy) is 6. The summed E-state index contributed by atoms with van der Waals surface area (Å²) in [6, 6.07) is 14.7. The predicted molar refractivity (Wildman–Crippen MR) is 152 cm³/mol. The van der Waals surface area contributed by atoms with Gasteiger partial charge in [0, 0.05) is 7.05 Å². The highest BCUT2D eigenvalue weighted by atomic mass is 32.2. The molecular weight excluding hydrogens is 536 g/mol. The molecule has 1 amide bonds. The van der Waals surface area contributed by atoms with Crippen molar-refractivity contribution in [2.75, 3.05) is 27.9 Å². The summed E-state index contributed by atoms with van der Waals surface area (Å²) in [5, 5.41) is 10.7. The highest BCUT2D eigenvalue weighted by Gasteiger charge is 2.51. The second kappa shape index (κ2) is 13.2. The van der Waals surface area contributed by atoms with Crippen molar-refractivity contribution in [3.63, 3.8) is 0 Å². The number of amidine groups is 1. The van der Waals surface area contributed by atoms with Crippen molar-refractivity contribution in [1.82, 2.24) is 4.90 Å². The third kappa shape index (κ3) is 7.46. The summed E-state index contributed by atoms with van der Waals surface area (Å²) in [6.07, 6.45) is -2.36. The van der Waals surface area contributed by atoms with Crippen molar-refractivity contribution in [3.05, 3.63) is 59.7 Å². The van der Waals surface area contributed by atoms with E-state index in [1.165, 1.54) is 16.7 Å². The minimum absolute atomic E-state index is 0.267. The van der Waals surface area contributed by atoms with Crippen LogP contribution in [0.25, 0.3) is 0 Å². The third-order valence-corrected chi connectivity index (χ3v) is 7.65. The Kier molecular flexibility index (Phi) is 9.96. The van der Waals surface area contributed by atoms with Gasteiger partial charge in [-0.1, -0.05) is 36.0 Å². The van der Waals surface area contributed by atoms with Gasteiger partial charge in [0.15, 0.2) is 5.17 Å². The van der Waals surface area contributed by atoms with Gasteiger partial charge in [0.2, 0.25) is 0 Å². The number of hydrogen-bond acceptors (Lipinski definition) is 10. The molecule has 4 rings (SSSR count). The fourth-order valence-electron chi connectivity index (χ4n) is 4.33. The van der Waals surface area contributed by atoms with E-state index in [1.54, 1.807) is 21.3 Å². The number of fused-ring (bicyclic) bond motifs is 1. The zero-order valence-corrected chi connectivity index (χ0v) is 24.6. The molecule has 2 aliphatic rings. The summed E-state index contributed by atoms with van der Waals surface area (Å²) in [6.45, 7) is 5.73. The summed E-state index contributed by atoms with van der Waals surface area (Å²) in [5.74, 6) is 1.50. The first-order valence-corrected chi connectivity index (χ1v) is 14.0. The van der Waals surface area contributed by atoms with E-state index >= 15 is 0 Å². The first-order chi connectivity index (χ1) is 19.1. The number of carbonyl (C=O) groups is 1. The molecule has 0 bridgehead atoms. The molecule has 1 fully saturated rings. The Labute approximate surface area is 239 Å². The number of amides is 1. The number of hydrogen-bond donors (Lipinski definition) is 1. The van der Waals surface area contributed by atoms with Gasteiger partial charge < -0.3 is 33.5 Å². The van der Waals surface area contributed by atoms with Crippen LogP contribution in [0.3, 0.4) is 0 Å². The largest absolute Gasteiger partial charge is 0.497 e. The van der Waals surface area contributed by atoms with E-state index in [9.17, 15) is 9.90 Å². The third-order valence-electron chi connectivity index (χ3n) is 6.43. The van der Waals surface area contributed by atoms with Gasteiger partial charge in [-0.05, 0) is 56.2 Å². The number of rotatable bonds is 9. The van der Waals surface area contributed by atoms with Crippen LogP contribution in [0.5, 0.6) is 11.5 Å². The predicted octanol–water partition coefficient (Wildman–Crippen LogP) is 4.23. The Bertz CT molecular complexity index is 1150. The van der Waals surface area contributed by atoms with Crippen LogP contribution in [-0.4, -0.2) is 84.5 Å². The van der Waals surface area contributed by atoms with Crippen LogP contribution in [0.2, 0.25) is 0 Å². The summed E-state index contributed by atoms with van der Waals surface area (Å²) >= 11 is 1.30. The minimum atomic E-state index is -0.658. The maximum Gasteiger partial charge on any atom is 0.416 e. The molecule has 5 atom stereocenters. The van der Waals surface area contributed by atoms with Gasteiger partial charge in [0.05, 0.1) is 34.0 Å². The Morgan fingerprint density at radius 2 is 1.48 bits per heavy atom. The molecule has 1 N–H and O–H groups in total. The van der Waals surface area contributed by atoms with Gasteiger partial charge in [0.25, 0.3) is 0 Å². The summed E-state index contributed by atoms with van der Waals surface area (Å²) in [5.41, 5.74) is 0.756. The Morgan fingerprint density at radius 1 is 0.950 bits per heavy atom. The van der Waals surface area contributed by atoms with Gasteiger partial charge in [-0.2, -0.15) is 0 Å². The van der Waals surface area contributed by atoms with Crippen LogP contribution >= 0.6 is 11.8 Å². The van der Waals surface area contributed by atoms with E-state index in [0.717, 1.165) is 22.6 Å². The molecular formula is C29H38N2O8S. The highest BCUT2D eigenvalue weighted by Crippen LogP contribution is 2.40. The molecule has 0 saturated carbocycles. The van der Waals surface area contributed by atoms with E-state index in [0.29, 0.717) is 5.17 Å². The first-order valence-electron chi connectivity index (χ1n) is 13.1. The Morgan fingerprint density at radius 3 is 1.95 bits per heavy atom. The van der Waals surface area contributed by atoms with Gasteiger partial charge in [-0.3, -0.25) is 9.89 Å². The highest BCUT2D eigenvalue weighted by molar-refractivity contribution is 8.14. The molecule has 2 heterocycles. The number of aliphatic imine (C=N–C) groups is 1. The quantitative estimate of drug-likeness (QED) is 0.471. The smallest absolute Gasteiger partial charge is 0.416 e. The minimum Gasteiger partial charge on any atom is -0.497 e. The van der Waals surface area contributed by atoms with E-state index in [-0.39, 0.29) is 19.8 Å². The molecule has 11 heteroatoms. The Balaban J connectivity index is 1.57. The molecule has 10 nitrogen and oxygen atoms in total. The molecule has 218 valence electrons. The van der Waals surface area contributed by atoms with Crippen LogP contribution in [-0.2, 0) is 32.2 Å². The molecule has 0 aromatic heterocycles. The van der Waals surface area contributed by atoms with Crippen LogP contribution < -0.4 is 9.47 Å². The lowest BCUT2D eigenvalue weighted by Crippen LogP contribution is -2.57. The van der Waals surface area contributed by atoms with Crippen molar-refractivity contribution in [3.8, 4) is 11.5 Å². The van der Waals surface area contributed by atoms with Crippen LogP contribution in [0.1, 0.15) is 31.9 Å². The standard InChI is InChI=1S/C29H38N2O8S/c1-29(2,3)39-28(33)31(4)27-30-23-25(37-17-19-9-13-21(35-6)14-10-19)24(22(15-32)38-26(23)40-27)36-16-18-7-11-20(34-5)12-8-18/h7-14,22-26,32H,15-17H2,1-6H3/t22-,23-,24-,25-,26-/m1/s1. The molecule has 2 aromatic rings. The molecule has 0 aliphatic carbocycles. The lowest BCUT2D eigenvalue weighted by Gasteiger charge is -2.42. The van der Waals surface area contributed by atoms with Crippen molar-refractivity contribution >= 4 is 23.0 Å². The number of thioether (sulfide) groups is 1. The SMILES string of the molecule is COc1ccc(CO[C@@H]2[C@H]3N=C(N(C)C(=O)OC(C)(C)C)S[C@H]3O[C@H](CO)[C@H]2OCc2ccc(OC)cc2)cc1. The summed E-state index contributed by atoms with van der Waals surface area (Å²) in [4.78, 5) is 18.9. The maximum absolute atomic E-state index is 12.7. The second-order valence-electron chi connectivity index (χ2n) is 10.5. The fourth-order valence-corrected chi connectivity index (χ4v) is 5.51. The van der Waals surface area contributed by atoms with Gasteiger partial charge in [-0.25, -0.2) is 4.79 Å². The number of carbonyl (C=O) groups excluding carboxylic acids is 1. The van der Waals surface area contributed by atoms with E-state index in [4.69, 9.17) is 33.4 Å². The average Bonchev–Trinajstić information content (AvgIpc) is 3.37. The number of aliphatic hydroxyl groups excluding tert-OH is 1. The second-order valence-corrected chi connectivity index (χ2v) is 11.6. The summed E-state index contributed by atoms with van der Waals surface area (Å²) in [7, 11) is 4.85. The maximum atomic E-state index is 12.7. The van der Waals surface area contributed by atoms with E-state index < -0.39 is 41.5 Å². The van der Waals surface area contributed by atoms with Crippen LogP contribution in [0.4, 0.5) is 4.79 Å².